The molecule has 5 heteroatoms. The fraction of sp³-hybridized carbons (Fsp3) is 0.417. The molecule has 1 saturated heterocycles. The van der Waals surface area contributed by atoms with Gasteiger partial charge in [-0.05, 0) is 53.6 Å². The zero-order valence-electron chi connectivity index (χ0n) is 9.30. The van der Waals surface area contributed by atoms with Crippen molar-refractivity contribution in [1.82, 2.24) is 4.90 Å². The summed E-state index contributed by atoms with van der Waals surface area (Å²) in [6.45, 7) is 1.15. The average Bonchev–Trinajstić information content (AvgIpc) is 2.72. The fourth-order valence-corrected chi connectivity index (χ4v) is 2.27. The summed E-state index contributed by atoms with van der Waals surface area (Å²) in [6.07, 6.45) is 4.41. The lowest BCUT2D eigenvalue weighted by atomic mass is 10.1. The van der Waals surface area contributed by atoms with Gasteiger partial charge in [0.1, 0.15) is 5.76 Å². The van der Waals surface area contributed by atoms with Crippen molar-refractivity contribution in [3.05, 3.63) is 27.7 Å². The van der Waals surface area contributed by atoms with Gasteiger partial charge >= 0.3 is 0 Å². The zero-order chi connectivity index (χ0) is 12.3. The van der Waals surface area contributed by atoms with Gasteiger partial charge in [-0.1, -0.05) is 0 Å². The largest absolute Gasteiger partial charge is 0.451 e. The number of rotatable bonds is 2. The van der Waals surface area contributed by atoms with Gasteiger partial charge in [-0.3, -0.25) is 4.79 Å². The molecule has 0 spiro atoms. The minimum absolute atomic E-state index is 0.0739. The Hall–Kier alpha value is -0.820. The molecule has 1 aliphatic heterocycles. The van der Waals surface area contributed by atoms with E-state index in [1.54, 1.807) is 11.0 Å². The zero-order valence-corrected chi connectivity index (χ0v) is 11.5. The molecule has 0 aromatic carbocycles. The normalized spacial score (nSPS) is 21.1. The van der Waals surface area contributed by atoms with Gasteiger partial charge in [-0.25, -0.2) is 0 Å². The summed E-state index contributed by atoms with van der Waals surface area (Å²) in [7, 11) is 0. The van der Waals surface area contributed by atoms with Crippen molar-refractivity contribution in [1.29, 1.82) is 0 Å². The molecular formula is C12H14INO3. The number of halogens is 1. The Morgan fingerprint density at radius 2 is 2.41 bits per heavy atom. The van der Waals surface area contributed by atoms with Gasteiger partial charge in [0.2, 0.25) is 5.91 Å². The highest BCUT2D eigenvalue weighted by Crippen LogP contribution is 2.13. The molecule has 1 atom stereocenters. The first-order chi connectivity index (χ1) is 8.15. The number of nitrogens with zero attached hydrogens (tertiary/aromatic N) is 1. The van der Waals surface area contributed by atoms with Gasteiger partial charge in [0.05, 0.1) is 6.10 Å². The third-order valence-corrected chi connectivity index (χ3v) is 3.27. The second-order valence-corrected chi connectivity index (χ2v) is 5.12. The van der Waals surface area contributed by atoms with E-state index in [0.717, 1.165) is 23.2 Å². The molecule has 92 valence electrons. The molecule has 1 aromatic heterocycles. The molecule has 0 radical (unpaired) electrons. The van der Waals surface area contributed by atoms with Crippen molar-refractivity contribution < 1.29 is 14.3 Å². The maximum Gasteiger partial charge on any atom is 0.246 e. The molecule has 2 rings (SSSR count). The van der Waals surface area contributed by atoms with E-state index in [-0.39, 0.29) is 12.0 Å². The summed E-state index contributed by atoms with van der Waals surface area (Å²) in [6, 6.07) is 3.66. The number of aliphatic hydroxyl groups is 1. The molecule has 0 saturated carbocycles. The van der Waals surface area contributed by atoms with Crippen molar-refractivity contribution in [3.8, 4) is 0 Å². The van der Waals surface area contributed by atoms with E-state index in [4.69, 9.17) is 4.42 Å². The Morgan fingerprint density at radius 3 is 3.06 bits per heavy atom. The smallest absolute Gasteiger partial charge is 0.246 e. The van der Waals surface area contributed by atoms with Crippen molar-refractivity contribution in [2.45, 2.75) is 18.9 Å². The van der Waals surface area contributed by atoms with Crippen LogP contribution < -0.4 is 0 Å². The third-order valence-electron chi connectivity index (χ3n) is 2.69. The lowest BCUT2D eigenvalue weighted by Crippen LogP contribution is -2.41. The van der Waals surface area contributed by atoms with Crippen LogP contribution in [0, 0.1) is 3.77 Å². The molecule has 1 aliphatic rings. The Labute approximate surface area is 113 Å². The molecule has 1 unspecified atom stereocenters. The van der Waals surface area contributed by atoms with Gasteiger partial charge in [0, 0.05) is 19.2 Å². The van der Waals surface area contributed by atoms with Crippen molar-refractivity contribution in [2.24, 2.45) is 0 Å². The topological polar surface area (TPSA) is 53.7 Å². The molecule has 4 nitrogen and oxygen atoms in total. The van der Waals surface area contributed by atoms with Crippen LogP contribution in [-0.4, -0.2) is 35.1 Å². The van der Waals surface area contributed by atoms with Crippen LogP contribution >= 0.6 is 22.6 Å². The van der Waals surface area contributed by atoms with Crippen LogP contribution in [0.25, 0.3) is 6.08 Å². The van der Waals surface area contributed by atoms with E-state index < -0.39 is 0 Å². The monoisotopic (exact) mass is 347 g/mol. The highest BCUT2D eigenvalue weighted by molar-refractivity contribution is 14.1. The predicted octanol–water partition coefficient (Wildman–Crippen LogP) is 1.88. The van der Waals surface area contributed by atoms with Crippen molar-refractivity contribution >= 4 is 34.6 Å². The third kappa shape index (κ3) is 3.57. The second kappa shape index (κ2) is 5.68. The van der Waals surface area contributed by atoms with E-state index in [0.29, 0.717) is 12.3 Å². The van der Waals surface area contributed by atoms with Crippen LogP contribution in [0.4, 0.5) is 0 Å². The quantitative estimate of drug-likeness (QED) is 0.657. The lowest BCUT2D eigenvalue weighted by Gasteiger charge is -2.29. The highest BCUT2D eigenvalue weighted by atomic mass is 127. The van der Waals surface area contributed by atoms with Crippen LogP contribution in [0.2, 0.25) is 0 Å². The Bertz CT molecular complexity index is 427. The number of amides is 1. The number of aliphatic hydroxyl groups excluding tert-OH is 1. The summed E-state index contributed by atoms with van der Waals surface area (Å²) in [5.74, 6) is 0.593. The molecule has 17 heavy (non-hydrogen) atoms. The average molecular weight is 347 g/mol. The van der Waals surface area contributed by atoms with Crippen LogP contribution in [0.1, 0.15) is 18.6 Å². The van der Waals surface area contributed by atoms with Gasteiger partial charge in [-0.15, -0.1) is 0 Å². The fourth-order valence-electron chi connectivity index (χ4n) is 1.83. The maximum absolute atomic E-state index is 11.8. The predicted molar refractivity (Wildman–Crippen MR) is 72.3 cm³/mol. The van der Waals surface area contributed by atoms with Crippen LogP contribution in [-0.2, 0) is 4.79 Å². The minimum atomic E-state index is -0.384. The SMILES string of the molecule is O=C(C=Cc1ccc(I)o1)N1CCCC(O)C1. The summed E-state index contributed by atoms with van der Waals surface area (Å²) in [4.78, 5) is 13.5. The van der Waals surface area contributed by atoms with E-state index in [9.17, 15) is 9.90 Å². The number of β-amino-alcohol motifs (C(OH)–C–C–N with tert-alkyl or cyclic N) is 1. The number of hydrogen-bond donors (Lipinski definition) is 1. The van der Waals surface area contributed by atoms with Gasteiger partial charge < -0.3 is 14.4 Å². The number of piperidine rings is 1. The van der Waals surface area contributed by atoms with Crippen LogP contribution in [0.3, 0.4) is 0 Å². The van der Waals surface area contributed by atoms with Crippen LogP contribution in [0.15, 0.2) is 22.6 Å². The van der Waals surface area contributed by atoms with E-state index >= 15 is 0 Å². The van der Waals surface area contributed by atoms with Crippen molar-refractivity contribution in [3.63, 3.8) is 0 Å². The van der Waals surface area contributed by atoms with Gasteiger partial charge in [0.25, 0.3) is 0 Å². The van der Waals surface area contributed by atoms with Gasteiger partial charge in [-0.2, -0.15) is 0 Å². The van der Waals surface area contributed by atoms with E-state index in [1.807, 2.05) is 12.1 Å². The summed E-state index contributed by atoms with van der Waals surface area (Å²) >= 11 is 2.07. The number of likely N-dealkylation sites (tertiary alicyclic amines) is 1. The number of carbonyl (C=O) groups excluding carboxylic acids is 1. The number of carbonyl (C=O) groups is 1. The minimum Gasteiger partial charge on any atom is -0.451 e. The van der Waals surface area contributed by atoms with Crippen molar-refractivity contribution in [2.75, 3.05) is 13.1 Å². The maximum atomic E-state index is 11.8. The summed E-state index contributed by atoms with van der Waals surface area (Å²) < 4.78 is 6.12. The summed E-state index contributed by atoms with van der Waals surface area (Å²) in [5, 5.41) is 9.48. The van der Waals surface area contributed by atoms with Gasteiger partial charge in [0.15, 0.2) is 3.77 Å². The number of hydrogen-bond acceptors (Lipinski definition) is 3. The lowest BCUT2D eigenvalue weighted by molar-refractivity contribution is -0.128. The highest BCUT2D eigenvalue weighted by Gasteiger charge is 2.20. The second-order valence-electron chi connectivity index (χ2n) is 4.06. The first-order valence-electron chi connectivity index (χ1n) is 5.55. The standard InChI is InChI=1S/C12H14INO3/c13-11-5-3-10(17-11)4-6-12(16)14-7-1-2-9(15)8-14/h3-6,9,15H,1-2,7-8H2. The van der Waals surface area contributed by atoms with E-state index in [1.165, 1.54) is 6.08 Å². The molecule has 0 aliphatic carbocycles. The number of furan rings is 1. The van der Waals surface area contributed by atoms with Crippen LogP contribution in [0.5, 0.6) is 0 Å². The Balaban J connectivity index is 1.94. The first-order valence-corrected chi connectivity index (χ1v) is 6.63. The molecule has 1 N–H and O–H groups in total. The molecular weight excluding hydrogens is 333 g/mol. The Kier molecular flexibility index (Phi) is 4.22. The molecule has 1 fully saturated rings. The summed E-state index contributed by atoms with van der Waals surface area (Å²) in [5.41, 5.74) is 0. The molecule has 1 amide bonds. The molecule has 0 bridgehead atoms. The van der Waals surface area contributed by atoms with E-state index in [2.05, 4.69) is 22.6 Å². The molecule has 2 heterocycles. The molecule has 1 aromatic rings. The Morgan fingerprint density at radius 1 is 1.59 bits per heavy atom. The first kappa shape index (κ1) is 12.6.